The fraction of sp³-hybridized carbons (Fsp3) is 0. The Kier molecular flexibility index (Phi) is 4.49. The summed E-state index contributed by atoms with van der Waals surface area (Å²) >= 11 is 6.36. The second-order valence-electron chi connectivity index (χ2n) is 3.83. The monoisotopic (exact) mass is 407 g/mol. The zero-order chi connectivity index (χ0) is 14.9. The van der Waals surface area contributed by atoms with Gasteiger partial charge in [-0.15, -0.1) is 0 Å². The second-order valence-corrected chi connectivity index (χ2v) is 5.60. The first-order chi connectivity index (χ1) is 9.38. The minimum absolute atomic E-state index is 0.198. The minimum Gasteiger partial charge on any atom is -0.319 e. The van der Waals surface area contributed by atoms with E-state index in [1.54, 1.807) is 12.1 Å². The molecule has 0 heterocycles. The van der Waals surface area contributed by atoms with E-state index >= 15 is 0 Å². The molecule has 0 atom stereocenters. The molecule has 0 aliphatic carbocycles. The van der Waals surface area contributed by atoms with Crippen molar-refractivity contribution in [3.8, 4) is 0 Å². The number of amides is 1. The average Bonchev–Trinajstić information content (AvgIpc) is 2.38. The molecule has 7 heteroatoms. The number of rotatable bonds is 2. The first-order valence-corrected chi connectivity index (χ1v) is 6.88. The van der Waals surface area contributed by atoms with Gasteiger partial charge in [0.1, 0.15) is 5.82 Å². The van der Waals surface area contributed by atoms with Gasteiger partial charge < -0.3 is 5.32 Å². The van der Waals surface area contributed by atoms with Gasteiger partial charge in [0.15, 0.2) is 11.6 Å². The Labute approximate surface area is 129 Å². The van der Waals surface area contributed by atoms with Crippen molar-refractivity contribution >= 4 is 43.5 Å². The van der Waals surface area contributed by atoms with Gasteiger partial charge in [0.2, 0.25) is 0 Å². The summed E-state index contributed by atoms with van der Waals surface area (Å²) in [5.41, 5.74) is -0.359. The molecule has 0 bridgehead atoms. The predicted octanol–water partition coefficient (Wildman–Crippen LogP) is 4.88. The topological polar surface area (TPSA) is 29.1 Å². The second kappa shape index (κ2) is 5.97. The lowest BCUT2D eigenvalue weighted by atomic mass is 10.2. The number of carbonyl (C=O) groups excluding carboxylic acids is 1. The van der Waals surface area contributed by atoms with E-state index in [1.807, 2.05) is 0 Å². The van der Waals surface area contributed by atoms with Gasteiger partial charge in [0, 0.05) is 21.1 Å². The molecule has 0 spiro atoms. The lowest BCUT2D eigenvalue weighted by molar-refractivity contribution is 0.102. The Morgan fingerprint density at radius 1 is 1.05 bits per heavy atom. The third-order valence-electron chi connectivity index (χ3n) is 2.41. The van der Waals surface area contributed by atoms with Crippen LogP contribution in [0.4, 0.5) is 18.9 Å². The molecule has 2 aromatic rings. The van der Waals surface area contributed by atoms with Crippen LogP contribution in [0.3, 0.4) is 0 Å². The van der Waals surface area contributed by atoms with Gasteiger partial charge in [0.05, 0.1) is 11.3 Å². The number of hydrogen-bond acceptors (Lipinski definition) is 1. The van der Waals surface area contributed by atoms with Gasteiger partial charge in [-0.05, 0) is 34.1 Å². The molecule has 0 aliphatic heterocycles. The van der Waals surface area contributed by atoms with Crippen LogP contribution in [0.15, 0.2) is 39.3 Å². The maximum absolute atomic E-state index is 13.5. The summed E-state index contributed by atoms with van der Waals surface area (Å²) in [5.74, 6) is -4.35. The van der Waals surface area contributed by atoms with Gasteiger partial charge in [-0.25, -0.2) is 13.2 Å². The highest BCUT2D eigenvalue weighted by molar-refractivity contribution is 9.11. The highest BCUT2D eigenvalue weighted by atomic mass is 79.9. The van der Waals surface area contributed by atoms with Crippen molar-refractivity contribution in [3.63, 3.8) is 0 Å². The molecule has 1 N–H and O–H groups in total. The molecule has 0 unspecified atom stereocenters. The summed E-state index contributed by atoms with van der Waals surface area (Å²) < 4.78 is 40.6. The Morgan fingerprint density at radius 3 is 2.45 bits per heavy atom. The average molecular weight is 409 g/mol. The molecule has 20 heavy (non-hydrogen) atoms. The predicted molar refractivity (Wildman–Crippen MR) is 76.1 cm³/mol. The molecular weight excluding hydrogens is 403 g/mol. The fourth-order valence-corrected chi connectivity index (χ4v) is 2.30. The zero-order valence-electron chi connectivity index (χ0n) is 9.68. The van der Waals surface area contributed by atoms with E-state index in [2.05, 4.69) is 37.2 Å². The smallest absolute Gasteiger partial charge is 0.256 e. The summed E-state index contributed by atoms with van der Waals surface area (Å²) in [6.45, 7) is 0. The molecule has 1 amide bonds. The van der Waals surface area contributed by atoms with E-state index in [0.717, 1.165) is 0 Å². The maximum Gasteiger partial charge on any atom is 0.256 e. The van der Waals surface area contributed by atoms with Crippen molar-refractivity contribution < 1.29 is 18.0 Å². The van der Waals surface area contributed by atoms with Crippen molar-refractivity contribution in [3.05, 3.63) is 62.3 Å². The van der Waals surface area contributed by atoms with Crippen molar-refractivity contribution in [2.45, 2.75) is 0 Å². The first kappa shape index (κ1) is 15.1. The zero-order valence-corrected chi connectivity index (χ0v) is 12.9. The Bertz CT molecular complexity index is 692. The van der Waals surface area contributed by atoms with Gasteiger partial charge in [-0.2, -0.15) is 0 Å². The fourth-order valence-electron chi connectivity index (χ4n) is 1.51. The van der Waals surface area contributed by atoms with Crippen LogP contribution in [0.1, 0.15) is 10.4 Å². The van der Waals surface area contributed by atoms with Gasteiger partial charge >= 0.3 is 0 Å². The molecule has 2 aromatic carbocycles. The number of hydrogen-bond donors (Lipinski definition) is 1. The molecule has 0 saturated carbocycles. The van der Waals surface area contributed by atoms with Crippen molar-refractivity contribution in [1.82, 2.24) is 0 Å². The maximum atomic E-state index is 13.5. The standard InChI is InChI=1S/C13H6Br2F3NO/c14-6-1-2-9(15)8(3-6)13(20)19-11-5-7(16)4-10(17)12(11)18/h1-5H,(H,19,20). The van der Waals surface area contributed by atoms with E-state index in [-0.39, 0.29) is 5.56 Å². The molecule has 0 aliphatic rings. The first-order valence-electron chi connectivity index (χ1n) is 5.29. The van der Waals surface area contributed by atoms with Crippen LogP contribution in [0.25, 0.3) is 0 Å². The summed E-state index contributed by atoms with van der Waals surface area (Å²) in [7, 11) is 0. The minimum atomic E-state index is -1.37. The van der Waals surface area contributed by atoms with Gasteiger partial charge in [0.25, 0.3) is 5.91 Å². The lowest BCUT2D eigenvalue weighted by Gasteiger charge is -2.09. The molecule has 104 valence electrons. The molecule has 2 nitrogen and oxygen atoms in total. The normalized spacial score (nSPS) is 10.4. The summed E-state index contributed by atoms with van der Waals surface area (Å²) in [5, 5.41) is 2.13. The van der Waals surface area contributed by atoms with Gasteiger partial charge in [-0.1, -0.05) is 15.9 Å². The SMILES string of the molecule is O=C(Nc1cc(F)cc(F)c1F)c1cc(Br)ccc1Br. The van der Waals surface area contributed by atoms with Crippen LogP contribution in [-0.2, 0) is 0 Å². The number of anilines is 1. The summed E-state index contributed by atoms with van der Waals surface area (Å²) in [6, 6.07) is 5.92. The lowest BCUT2D eigenvalue weighted by Crippen LogP contribution is -2.14. The van der Waals surface area contributed by atoms with Crippen LogP contribution >= 0.6 is 31.9 Å². The summed E-state index contributed by atoms with van der Waals surface area (Å²) in [6.07, 6.45) is 0. The third kappa shape index (κ3) is 3.21. The Balaban J connectivity index is 2.35. The van der Waals surface area contributed by atoms with E-state index in [0.29, 0.717) is 21.1 Å². The van der Waals surface area contributed by atoms with E-state index in [4.69, 9.17) is 0 Å². The molecular formula is C13H6Br2F3NO. The quantitative estimate of drug-likeness (QED) is 0.705. The van der Waals surface area contributed by atoms with Crippen LogP contribution < -0.4 is 5.32 Å². The van der Waals surface area contributed by atoms with Crippen LogP contribution in [0, 0.1) is 17.5 Å². The van der Waals surface area contributed by atoms with Crippen LogP contribution in [0.5, 0.6) is 0 Å². The van der Waals surface area contributed by atoms with Crippen molar-refractivity contribution in [2.75, 3.05) is 5.32 Å². The molecule has 0 radical (unpaired) electrons. The van der Waals surface area contributed by atoms with E-state index < -0.39 is 29.0 Å². The van der Waals surface area contributed by atoms with Crippen molar-refractivity contribution in [2.24, 2.45) is 0 Å². The van der Waals surface area contributed by atoms with Crippen molar-refractivity contribution in [1.29, 1.82) is 0 Å². The third-order valence-corrected chi connectivity index (χ3v) is 3.60. The Hall–Kier alpha value is -1.34. The number of carbonyl (C=O) groups is 1. The largest absolute Gasteiger partial charge is 0.319 e. The number of benzene rings is 2. The highest BCUT2D eigenvalue weighted by Crippen LogP contribution is 2.24. The Morgan fingerprint density at radius 2 is 1.75 bits per heavy atom. The van der Waals surface area contributed by atoms with Crippen LogP contribution in [-0.4, -0.2) is 5.91 Å². The van der Waals surface area contributed by atoms with Gasteiger partial charge in [-0.3, -0.25) is 4.79 Å². The molecule has 0 saturated heterocycles. The molecule has 0 aromatic heterocycles. The molecule has 2 rings (SSSR count). The number of halogens is 5. The number of nitrogens with one attached hydrogen (secondary N) is 1. The highest BCUT2D eigenvalue weighted by Gasteiger charge is 2.16. The molecule has 0 fully saturated rings. The van der Waals surface area contributed by atoms with E-state index in [1.165, 1.54) is 6.07 Å². The van der Waals surface area contributed by atoms with E-state index in [9.17, 15) is 18.0 Å². The van der Waals surface area contributed by atoms with Crippen LogP contribution in [0.2, 0.25) is 0 Å². The summed E-state index contributed by atoms with van der Waals surface area (Å²) in [4.78, 5) is 12.0.